The molecule has 0 saturated heterocycles. The third kappa shape index (κ3) is 1.93. The summed E-state index contributed by atoms with van der Waals surface area (Å²) in [6.45, 7) is 3.98. The van der Waals surface area contributed by atoms with E-state index in [9.17, 15) is 0 Å². The van der Waals surface area contributed by atoms with Gasteiger partial charge in [-0.1, -0.05) is 0 Å². The van der Waals surface area contributed by atoms with E-state index < -0.39 is 0 Å². The van der Waals surface area contributed by atoms with Gasteiger partial charge in [0.05, 0.1) is 21.9 Å². The Morgan fingerprint density at radius 1 is 1.73 bits per heavy atom. The molecule has 1 aromatic rings. The van der Waals surface area contributed by atoms with E-state index in [-0.39, 0.29) is 12.1 Å². The van der Waals surface area contributed by atoms with Crippen molar-refractivity contribution in [3.63, 3.8) is 0 Å². The van der Waals surface area contributed by atoms with Crippen LogP contribution in [-0.4, -0.2) is 21.5 Å². The Morgan fingerprint density at radius 2 is 2.36 bits per heavy atom. The topological polar surface area (TPSA) is 38.0 Å². The first-order chi connectivity index (χ1) is 5.06. The monoisotopic (exact) mass is 266 g/mol. The first-order valence-corrected chi connectivity index (χ1v) is 4.45. The van der Waals surface area contributed by atoms with Gasteiger partial charge < -0.3 is 5.11 Å². The zero-order valence-corrected chi connectivity index (χ0v) is 8.74. The average Bonchev–Trinajstić information content (AvgIpc) is 2.36. The summed E-state index contributed by atoms with van der Waals surface area (Å²) in [7, 11) is 0. The summed E-state index contributed by atoms with van der Waals surface area (Å²) in [6, 6.07) is 0. The minimum atomic E-state index is -0.288. The van der Waals surface area contributed by atoms with Crippen LogP contribution >= 0.6 is 22.6 Å². The highest BCUT2D eigenvalue weighted by molar-refractivity contribution is 14.1. The van der Waals surface area contributed by atoms with Crippen LogP contribution in [0.4, 0.5) is 0 Å². The first-order valence-electron chi connectivity index (χ1n) is 3.38. The maximum Gasteiger partial charge on any atom is 0.0801 e. The van der Waals surface area contributed by atoms with E-state index in [2.05, 4.69) is 27.7 Å². The molecule has 11 heavy (non-hydrogen) atoms. The van der Waals surface area contributed by atoms with E-state index in [1.165, 1.54) is 0 Å². The Morgan fingerprint density at radius 3 is 2.73 bits per heavy atom. The highest BCUT2D eigenvalue weighted by Gasteiger charge is 2.19. The van der Waals surface area contributed by atoms with Crippen molar-refractivity contribution in [1.82, 2.24) is 9.78 Å². The van der Waals surface area contributed by atoms with Gasteiger partial charge in [-0.15, -0.1) is 0 Å². The number of hydrogen-bond acceptors (Lipinski definition) is 2. The van der Waals surface area contributed by atoms with Crippen molar-refractivity contribution in [2.45, 2.75) is 19.4 Å². The van der Waals surface area contributed by atoms with Gasteiger partial charge in [-0.05, 0) is 36.4 Å². The lowest BCUT2D eigenvalue weighted by atomic mass is 10.1. The molecule has 0 bridgehead atoms. The summed E-state index contributed by atoms with van der Waals surface area (Å²) in [5, 5.41) is 13.1. The number of aliphatic hydroxyl groups excluding tert-OH is 1. The predicted molar refractivity (Wildman–Crippen MR) is 51.4 cm³/mol. The molecule has 0 amide bonds. The van der Waals surface area contributed by atoms with Gasteiger partial charge in [-0.2, -0.15) is 5.10 Å². The molecule has 1 aromatic heterocycles. The normalized spacial score (nSPS) is 12.0. The van der Waals surface area contributed by atoms with E-state index in [0.29, 0.717) is 0 Å². The molecule has 3 nitrogen and oxygen atoms in total. The van der Waals surface area contributed by atoms with Crippen LogP contribution in [0, 0.1) is 3.57 Å². The fraction of sp³-hybridized carbons (Fsp3) is 0.571. The molecule has 0 saturated carbocycles. The Labute approximate surface area is 79.6 Å². The minimum absolute atomic E-state index is 0.102. The summed E-state index contributed by atoms with van der Waals surface area (Å²) in [5.74, 6) is 0. The largest absolute Gasteiger partial charge is 0.394 e. The van der Waals surface area contributed by atoms with Crippen molar-refractivity contribution in [2.75, 3.05) is 6.61 Å². The molecule has 0 spiro atoms. The number of rotatable bonds is 2. The van der Waals surface area contributed by atoms with Gasteiger partial charge in [0.25, 0.3) is 0 Å². The molecule has 1 heterocycles. The molecule has 0 unspecified atom stereocenters. The van der Waals surface area contributed by atoms with Crippen LogP contribution in [0.5, 0.6) is 0 Å². The SMILES string of the molecule is CC(C)(CO)n1cc(I)cn1. The van der Waals surface area contributed by atoms with E-state index in [1.54, 1.807) is 10.9 Å². The van der Waals surface area contributed by atoms with Crippen molar-refractivity contribution in [3.05, 3.63) is 16.0 Å². The summed E-state index contributed by atoms with van der Waals surface area (Å²) in [6.07, 6.45) is 3.69. The van der Waals surface area contributed by atoms with Crippen LogP contribution < -0.4 is 0 Å². The molecule has 62 valence electrons. The molecule has 0 aliphatic heterocycles. The third-order valence-electron chi connectivity index (χ3n) is 1.56. The quantitative estimate of drug-likeness (QED) is 0.817. The van der Waals surface area contributed by atoms with E-state index >= 15 is 0 Å². The van der Waals surface area contributed by atoms with Crippen molar-refractivity contribution in [2.24, 2.45) is 0 Å². The fourth-order valence-electron chi connectivity index (χ4n) is 0.704. The Bertz CT molecular complexity index is 244. The van der Waals surface area contributed by atoms with Gasteiger partial charge in [0.15, 0.2) is 0 Å². The molecule has 1 rings (SSSR count). The second kappa shape index (κ2) is 3.10. The number of aromatic nitrogens is 2. The maximum atomic E-state index is 8.99. The van der Waals surface area contributed by atoms with Crippen LogP contribution in [0.2, 0.25) is 0 Å². The van der Waals surface area contributed by atoms with Gasteiger partial charge in [0.2, 0.25) is 0 Å². The summed E-state index contributed by atoms with van der Waals surface area (Å²) in [5.41, 5.74) is -0.288. The van der Waals surface area contributed by atoms with Gasteiger partial charge in [0.1, 0.15) is 0 Å². The van der Waals surface area contributed by atoms with Crippen LogP contribution in [0.15, 0.2) is 12.4 Å². The fourth-order valence-corrected chi connectivity index (χ4v) is 1.09. The van der Waals surface area contributed by atoms with Crippen LogP contribution in [0.3, 0.4) is 0 Å². The Balaban J connectivity index is 2.92. The summed E-state index contributed by atoms with van der Waals surface area (Å²) < 4.78 is 2.86. The lowest BCUT2D eigenvalue weighted by molar-refractivity contribution is 0.152. The third-order valence-corrected chi connectivity index (χ3v) is 2.12. The molecular formula is C7H11IN2O. The molecule has 0 fully saturated rings. The van der Waals surface area contributed by atoms with Crippen molar-refractivity contribution >= 4 is 22.6 Å². The zero-order chi connectivity index (χ0) is 8.48. The Hall–Kier alpha value is -0.100. The van der Waals surface area contributed by atoms with Gasteiger partial charge in [-0.25, -0.2) is 0 Å². The standard InChI is InChI=1S/C7H11IN2O/c1-7(2,5-11)10-4-6(8)3-9-10/h3-4,11H,5H2,1-2H3. The molecule has 0 aliphatic carbocycles. The number of halogens is 1. The number of hydrogen-bond donors (Lipinski definition) is 1. The van der Waals surface area contributed by atoms with Gasteiger partial charge in [0, 0.05) is 6.20 Å². The molecule has 0 radical (unpaired) electrons. The molecule has 1 N–H and O–H groups in total. The molecule has 4 heteroatoms. The first kappa shape index (κ1) is 8.99. The average molecular weight is 266 g/mol. The lowest BCUT2D eigenvalue weighted by Gasteiger charge is -2.21. The maximum absolute atomic E-state index is 8.99. The summed E-state index contributed by atoms with van der Waals surface area (Å²) >= 11 is 2.19. The minimum Gasteiger partial charge on any atom is -0.394 e. The summed E-state index contributed by atoms with van der Waals surface area (Å²) in [4.78, 5) is 0. The molecular weight excluding hydrogens is 255 g/mol. The highest BCUT2D eigenvalue weighted by atomic mass is 127. The van der Waals surface area contributed by atoms with Gasteiger partial charge in [-0.3, -0.25) is 4.68 Å². The van der Waals surface area contributed by atoms with Crippen LogP contribution in [-0.2, 0) is 5.54 Å². The number of nitrogens with zero attached hydrogens (tertiary/aromatic N) is 2. The van der Waals surface area contributed by atoms with Crippen LogP contribution in [0.25, 0.3) is 0 Å². The highest BCUT2D eigenvalue weighted by Crippen LogP contribution is 2.14. The van der Waals surface area contributed by atoms with Crippen molar-refractivity contribution in [3.8, 4) is 0 Å². The molecule has 0 aromatic carbocycles. The van der Waals surface area contributed by atoms with E-state index in [0.717, 1.165) is 3.57 Å². The molecule has 0 atom stereocenters. The second-order valence-electron chi connectivity index (χ2n) is 3.07. The number of aliphatic hydroxyl groups is 1. The second-order valence-corrected chi connectivity index (χ2v) is 4.32. The Kier molecular flexibility index (Phi) is 2.54. The predicted octanol–water partition coefficient (Wildman–Crippen LogP) is 1.22. The van der Waals surface area contributed by atoms with E-state index in [1.807, 2.05) is 20.0 Å². The van der Waals surface area contributed by atoms with Crippen molar-refractivity contribution < 1.29 is 5.11 Å². The van der Waals surface area contributed by atoms with Crippen molar-refractivity contribution in [1.29, 1.82) is 0 Å². The zero-order valence-electron chi connectivity index (χ0n) is 6.58. The van der Waals surface area contributed by atoms with Gasteiger partial charge >= 0.3 is 0 Å². The lowest BCUT2D eigenvalue weighted by Crippen LogP contribution is -2.30. The smallest absolute Gasteiger partial charge is 0.0801 e. The van der Waals surface area contributed by atoms with Crippen LogP contribution in [0.1, 0.15) is 13.8 Å². The van der Waals surface area contributed by atoms with E-state index in [4.69, 9.17) is 5.11 Å². The molecule has 0 aliphatic rings.